The molecule has 17 heavy (non-hydrogen) atoms. The molecule has 0 aromatic heterocycles. The van der Waals surface area contributed by atoms with Crippen LogP contribution in [-0.2, 0) is 16.0 Å². The van der Waals surface area contributed by atoms with Gasteiger partial charge in [-0.1, -0.05) is 6.07 Å². The highest BCUT2D eigenvalue weighted by molar-refractivity contribution is 5.57. The first-order chi connectivity index (χ1) is 8.33. The molecule has 0 aliphatic carbocycles. The summed E-state index contributed by atoms with van der Waals surface area (Å²) in [7, 11) is 0. The first kappa shape index (κ1) is 11.6. The Hall–Kier alpha value is -1.84. The van der Waals surface area contributed by atoms with Crippen LogP contribution in [0.1, 0.15) is 18.4 Å². The molecular weight excluding hydrogens is 220 g/mol. The molecule has 1 heterocycles. The van der Waals surface area contributed by atoms with E-state index in [9.17, 15) is 9.59 Å². The van der Waals surface area contributed by atoms with Gasteiger partial charge in [-0.15, -0.1) is 0 Å². The van der Waals surface area contributed by atoms with E-state index in [1.165, 1.54) is 0 Å². The molecule has 0 radical (unpaired) electrons. The number of aldehydes is 2. The largest absolute Gasteiger partial charge is 0.454 e. The smallest absolute Gasteiger partial charge is 0.231 e. The molecule has 0 fully saturated rings. The van der Waals surface area contributed by atoms with Crippen LogP contribution in [-0.4, -0.2) is 19.4 Å². The maximum absolute atomic E-state index is 10.9. The van der Waals surface area contributed by atoms with Gasteiger partial charge in [0, 0.05) is 12.3 Å². The van der Waals surface area contributed by atoms with E-state index in [-0.39, 0.29) is 12.7 Å². The van der Waals surface area contributed by atoms with Gasteiger partial charge >= 0.3 is 0 Å². The van der Waals surface area contributed by atoms with Crippen molar-refractivity contribution in [3.63, 3.8) is 0 Å². The summed E-state index contributed by atoms with van der Waals surface area (Å²) in [6.45, 7) is 0.251. The summed E-state index contributed by atoms with van der Waals surface area (Å²) in [5.41, 5.74) is 1.03. The topological polar surface area (TPSA) is 52.6 Å². The van der Waals surface area contributed by atoms with Crippen molar-refractivity contribution in [3.8, 4) is 11.5 Å². The Morgan fingerprint density at radius 1 is 1.24 bits per heavy atom. The number of benzene rings is 1. The zero-order valence-electron chi connectivity index (χ0n) is 9.43. The van der Waals surface area contributed by atoms with Gasteiger partial charge in [0.05, 0.1) is 0 Å². The van der Waals surface area contributed by atoms with Crippen LogP contribution in [0.15, 0.2) is 18.2 Å². The molecule has 90 valence electrons. The van der Waals surface area contributed by atoms with Gasteiger partial charge in [0.1, 0.15) is 12.6 Å². The first-order valence-electron chi connectivity index (χ1n) is 5.61. The molecule has 4 nitrogen and oxygen atoms in total. The molecule has 4 heteroatoms. The number of hydrogen-bond acceptors (Lipinski definition) is 4. The fraction of sp³-hybridized carbons (Fsp3) is 0.385. The van der Waals surface area contributed by atoms with Crippen molar-refractivity contribution in [2.75, 3.05) is 6.79 Å². The Morgan fingerprint density at radius 2 is 2.06 bits per heavy atom. The van der Waals surface area contributed by atoms with Gasteiger partial charge in [-0.2, -0.15) is 0 Å². The summed E-state index contributed by atoms with van der Waals surface area (Å²) in [5, 5.41) is 0. The van der Waals surface area contributed by atoms with E-state index in [2.05, 4.69) is 0 Å². The predicted molar refractivity (Wildman–Crippen MR) is 61.1 cm³/mol. The maximum atomic E-state index is 10.9. The van der Waals surface area contributed by atoms with Crippen LogP contribution in [0, 0.1) is 5.92 Å². The maximum Gasteiger partial charge on any atom is 0.231 e. The van der Waals surface area contributed by atoms with Crippen molar-refractivity contribution in [2.45, 2.75) is 19.3 Å². The van der Waals surface area contributed by atoms with Crippen LogP contribution in [0.25, 0.3) is 0 Å². The molecule has 1 aromatic carbocycles. The molecule has 0 amide bonds. The summed E-state index contributed by atoms with van der Waals surface area (Å²) in [5.74, 6) is 1.35. The van der Waals surface area contributed by atoms with E-state index < -0.39 is 0 Å². The molecule has 1 aliphatic heterocycles. The second-order valence-electron chi connectivity index (χ2n) is 4.03. The molecule has 1 atom stereocenters. The molecule has 0 saturated carbocycles. The number of carbonyl (C=O) groups excluding carboxylic acids is 2. The molecular formula is C13H14O4. The van der Waals surface area contributed by atoms with Crippen molar-refractivity contribution in [3.05, 3.63) is 23.8 Å². The van der Waals surface area contributed by atoms with Gasteiger partial charge in [-0.25, -0.2) is 0 Å². The Labute approximate surface area is 99.5 Å². The van der Waals surface area contributed by atoms with E-state index in [0.717, 1.165) is 29.6 Å². The minimum Gasteiger partial charge on any atom is -0.454 e. The van der Waals surface area contributed by atoms with Crippen molar-refractivity contribution in [1.29, 1.82) is 0 Å². The number of rotatable bonds is 6. The van der Waals surface area contributed by atoms with Crippen molar-refractivity contribution >= 4 is 12.6 Å². The van der Waals surface area contributed by atoms with Crippen LogP contribution in [0.4, 0.5) is 0 Å². The van der Waals surface area contributed by atoms with E-state index >= 15 is 0 Å². The summed E-state index contributed by atoms with van der Waals surface area (Å²) in [6, 6.07) is 5.66. The van der Waals surface area contributed by atoms with Crippen LogP contribution in [0.5, 0.6) is 11.5 Å². The van der Waals surface area contributed by atoms with Crippen molar-refractivity contribution < 1.29 is 19.1 Å². The molecule has 1 aliphatic rings. The average molecular weight is 234 g/mol. The van der Waals surface area contributed by atoms with E-state index in [4.69, 9.17) is 9.47 Å². The first-order valence-corrected chi connectivity index (χ1v) is 5.61. The molecule has 0 saturated heterocycles. The fourth-order valence-electron chi connectivity index (χ4n) is 1.87. The lowest BCUT2D eigenvalue weighted by Gasteiger charge is -2.08. The van der Waals surface area contributed by atoms with Gasteiger partial charge in [0.15, 0.2) is 11.5 Å². The van der Waals surface area contributed by atoms with Crippen LogP contribution in [0.3, 0.4) is 0 Å². The lowest BCUT2D eigenvalue weighted by atomic mass is 9.96. The SMILES string of the molecule is O=CCCC(C=O)Cc1ccc2c(c1)OCO2. The van der Waals surface area contributed by atoms with E-state index in [1.807, 2.05) is 18.2 Å². The standard InChI is InChI=1S/C13H14O4/c14-5-1-2-11(8-15)6-10-3-4-12-13(7-10)17-9-16-12/h3-5,7-8,11H,1-2,6,9H2. The third-order valence-corrected chi connectivity index (χ3v) is 2.78. The van der Waals surface area contributed by atoms with Gasteiger partial charge in [0.2, 0.25) is 6.79 Å². The Bertz CT molecular complexity index is 414. The number of ether oxygens (including phenoxy) is 2. The third kappa shape index (κ3) is 2.84. The minimum absolute atomic E-state index is 0.111. The highest BCUT2D eigenvalue weighted by atomic mass is 16.7. The molecule has 0 bridgehead atoms. The van der Waals surface area contributed by atoms with Crippen LogP contribution < -0.4 is 9.47 Å². The predicted octanol–water partition coefficient (Wildman–Crippen LogP) is 1.75. The molecule has 0 spiro atoms. The average Bonchev–Trinajstić information content (AvgIpc) is 2.81. The number of hydrogen-bond donors (Lipinski definition) is 0. The van der Waals surface area contributed by atoms with Gasteiger partial charge in [-0.3, -0.25) is 0 Å². The second-order valence-corrected chi connectivity index (χ2v) is 4.03. The monoisotopic (exact) mass is 234 g/mol. The normalized spacial score (nSPS) is 14.4. The Balaban J connectivity index is 2.02. The van der Waals surface area contributed by atoms with Crippen LogP contribution in [0.2, 0.25) is 0 Å². The zero-order valence-corrected chi connectivity index (χ0v) is 9.43. The zero-order chi connectivity index (χ0) is 12.1. The number of fused-ring (bicyclic) bond motifs is 1. The molecule has 1 unspecified atom stereocenters. The lowest BCUT2D eigenvalue weighted by molar-refractivity contribution is -0.111. The fourth-order valence-corrected chi connectivity index (χ4v) is 1.87. The molecule has 0 N–H and O–H groups in total. The molecule has 1 aromatic rings. The van der Waals surface area contributed by atoms with Gasteiger partial charge in [-0.05, 0) is 30.5 Å². The minimum atomic E-state index is -0.111. The quantitative estimate of drug-likeness (QED) is 0.704. The molecule has 2 rings (SSSR count). The Morgan fingerprint density at radius 3 is 2.82 bits per heavy atom. The number of carbonyl (C=O) groups is 2. The van der Waals surface area contributed by atoms with Crippen molar-refractivity contribution in [2.24, 2.45) is 5.92 Å². The van der Waals surface area contributed by atoms with Crippen LogP contribution >= 0.6 is 0 Å². The summed E-state index contributed by atoms with van der Waals surface area (Å²) in [6.07, 6.45) is 3.41. The van der Waals surface area contributed by atoms with Gasteiger partial charge < -0.3 is 19.1 Å². The summed E-state index contributed by atoms with van der Waals surface area (Å²) in [4.78, 5) is 21.2. The Kier molecular flexibility index (Phi) is 3.75. The highest BCUT2D eigenvalue weighted by Crippen LogP contribution is 2.33. The summed E-state index contributed by atoms with van der Waals surface area (Å²) < 4.78 is 10.5. The summed E-state index contributed by atoms with van der Waals surface area (Å²) >= 11 is 0. The van der Waals surface area contributed by atoms with E-state index in [1.54, 1.807) is 0 Å². The van der Waals surface area contributed by atoms with Gasteiger partial charge in [0.25, 0.3) is 0 Å². The van der Waals surface area contributed by atoms with Crippen molar-refractivity contribution in [1.82, 2.24) is 0 Å². The van der Waals surface area contributed by atoms with E-state index in [0.29, 0.717) is 19.3 Å². The lowest BCUT2D eigenvalue weighted by Crippen LogP contribution is -2.06. The second kappa shape index (κ2) is 5.48. The highest BCUT2D eigenvalue weighted by Gasteiger charge is 2.15. The third-order valence-electron chi connectivity index (χ3n) is 2.78.